The second-order valence-electron chi connectivity index (χ2n) is 16.8. The first-order valence-electron chi connectivity index (χ1n) is 22.2. The molecule has 3 aromatic carbocycles. The monoisotopic (exact) mass is 1040 g/mol. The van der Waals surface area contributed by atoms with Crippen LogP contribution in [-0.2, 0) is 41.6 Å². The molecule has 0 bridgehead atoms. The second kappa shape index (κ2) is 26.3. The van der Waals surface area contributed by atoms with Gasteiger partial charge in [-0.05, 0) is 118 Å². The van der Waals surface area contributed by atoms with Gasteiger partial charge in [-0.3, -0.25) is 10.2 Å². The smallest absolute Gasteiger partial charge is 0.337 e. The molecule has 3 aliphatic carbocycles. The number of benzene rings is 3. The molecule has 2 aromatic heterocycles. The number of carbonyl (C=O) groups excluding carboxylic acids is 4. The zero-order valence-electron chi connectivity index (χ0n) is 40.6. The van der Waals surface area contributed by atoms with E-state index < -0.39 is 5.97 Å². The predicted molar refractivity (Wildman–Crippen MR) is 267 cm³/mol. The van der Waals surface area contributed by atoms with E-state index in [4.69, 9.17) is 34.5 Å². The van der Waals surface area contributed by atoms with E-state index >= 15 is 0 Å². The van der Waals surface area contributed by atoms with E-state index in [-0.39, 0.29) is 47.4 Å². The van der Waals surface area contributed by atoms with Crippen molar-refractivity contribution in [2.45, 2.75) is 89.2 Å². The average Bonchev–Trinajstić information content (AvgIpc) is 4.24. The minimum absolute atomic E-state index is 0. The Kier molecular flexibility index (Phi) is 21.3. The summed E-state index contributed by atoms with van der Waals surface area (Å²) < 4.78 is 34.9. The molecular weight excluding hydrogens is 974 g/mol. The zero-order chi connectivity index (χ0) is 49.7. The molecule has 3 fully saturated rings. The van der Waals surface area contributed by atoms with Crippen LogP contribution < -0.4 is 5.73 Å². The van der Waals surface area contributed by atoms with Crippen molar-refractivity contribution in [3.05, 3.63) is 117 Å². The molecule has 1 atom stereocenters. The van der Waals surface area contributed by atoms with Gasteiger partial charge < -0.3 is 43.6 Å². The predicted octanol–water partition coefficient (Wildman–Crippen LogP) is 9.78. The Hall–Kier alpha value is -5.72. The number of esters is 3. The summed E-state index contributed by atoms with van der Waals surface area (Å²) in [6.07, 6.45) is 6.80. The first-order valence-corrected chi connectivity index (χ1v) is 23.1. The SMILES string of the molecule is COC(=O)c1ccc(C)c(C(=O)C(Br)C2CC2)c1.COCC(=N)N.COCc1nc(-c2cc(C(=O)OC)ccc2C)c(C2CC2)[nH]1.COCc1nc(C2CC2)c(-c2cc(C(=O)OC)ccc2C)o1.Cl. The number of Topliss-reactive ketones (excluding diaryl/α,β-unsaturated/α-hetero) is 1. The fraction of sp³-hybridized carbons (Fsp3) is 0.431. The van der Waals surface area contributed by atoms with Crippen LogP contribution in [0.1, 0.15) is 132 Å². The highest BCUT2D eigenvalue weighted by Crippen LogP contribution is 2.46. The number of imidazole rings is 1. The lowest BCUT2D eigenvalue weighted by molar-refractivity contribution is 0.0591. The summed E-state index contributed by atoms with van der Waals surface area (Å²) in [5.74, 6) is 2.59. The van der Waals surface area contributed by atoms with Gasteiger partial charge in [0.15, 0.2) is 11.5 Å². The third-order valence-electron chi connectivity index (χ3n) is 11.3. The van der Waals surface area contributed by atoms with E-state index in [1.165, 1.54) is 41.3 Å². The lowest BCUT2D eigenvalue weighted by Crippen LogP contribution is -2.18. The molecule has 4 N–H and O–H groups in total. The highest BCUT2D eigenvalue weighted by molar-refractivity contribution is 9.10. The molecule has 3 aliphatic rings. The van der Waals surface area contributed by atoms with Crippen LogP contribution >= 0.6 is 28.3 Å². The van der Waals surface area contributed by atoms with E-state index in [2.05, 4.69) is 40.4 Å². The van der Waals surface area contributed by atoms with E-state index in [9.17, 15) is 19.2 Å². The number of alkyl halides is 1. The van der Waals surface area contributed by atoms with Crippen LogP contribution in [0.15, 0.2) is 59.0 Å². The number of aryl methyl sites for hydroxylation is 3. The van der Waals surface area contributed by atoms with Gasteiger partial charge in [-0.1, -0.05) is 34.1 Å². The number of ketones is 1. The minimum Gasteiger partial charge on any atom is -0.465 e. The number of rotatable bonds is 16. The van der Waals surface area contributed by atoms with Gasteiger partial charge in [0.2, 0.25) is 5.89 Å². The number of H-pyrrole nitrogens is 1. The van der Waals surface area contributed by atoms with Crippen LogP contribution in [0.25, 0.3) is 22.6 Å². The number of amidine groups is 1. The number of hydrogen-bond donors (Lipinski definition) is 3. The minimum atomic E-state index is -0.415. The molecule has 372 valence electrons. The molecule has 8 rings (SSSR count). The molecule has 69 heavy (non-hydrogen) atoms. The van der Waals surface area contributed by atoms with Crippen molar-refractivity contribution in [2.75, 3.05) is 49.3 Å². The van der Waals surface area contributed by atoms with E-state index in [0.29, 0.717) is 59.1 Å². The Balaban J connectivity index is 0.000000212. The standard InChI is InChI=1S/C17H20N2O3.C17H19NO4.C14H15BrO3.C3H8N2O.ClH/c1-10-4-5-12(17(20)22-3)8-13(10)16-15(11-6-7-11)18-14(19-16)9-21-2;1-10-4-5-12(17(19)21-3)8-13(10)16-15(11-6-7-11)18-14(22-16)9-20-2;1-8-3-4-10(14(17)18-2)7-11(8)13(16)12(15)9-5-6-9;1-6-2-3(4)5;/h4-5,8,11H,6-7,9H2,1-3H3,(H,18,19);4-5,8,11H,6-7,9H2,1-3H3;3-4,7,9,12H,5-6H2,1-2H3;2H2,1H3,(H3,4,5);1H. The Morgan fingerprint density at radius 1 is 0.710 bits per heavy atom. The molecule has 0 saturated heterocycles. The maximum Gasteiger partial charge on any atom is 0.337 e. The number of nitrogens with two attached hydrogens (primary N) is 1. The first kappa shape index (κ1) is 55.9. The summed E-state index contributed by atoms with van der Waals surface area (Å²) in [4.78, 5) is 59.8. The van der Waals surface area contributed by atoms with Gasteiger partial charge in [-0.15, -0.1) is 12.4 Å². The van der Waals surface area contributed by atoms with Gasteiger partial charge in [0.05, 0.1) is 54.2 Å². The number of aromatic nitrogens is 3. The summed E-state index contributed by atoms with van der Waals surface area (Å²) in [7, 11) is 8.87. The fourth-order valence-electron chi connectivity index (χ4n) is 7.18. The Bertz CT molecular complexity index is 2460. The van der Waals surface area contributed by atoms with E-state index in [1.807, 2.05) is 45.0 Å². The lowest BCUT2D eigenvalue weighted by atomic mass is 9.98. The maximum absolute atomic E-state index is 12.3. The molecule has 0 radical (unpaired) electrons. The summed E-state index contributed by atoms with van der Waals surface area (Å²) in [6.45, 7) is 6.93. The number of oxazole rings is 1. The molecule has 16 nitrogen and oxygen atoms in total. The Labute approximate surface area is 417 Å². The van der Waals surface area contributed by atoms with Gasteiger partial charge in [-0.25, -0.2) is 24.4 Å². The van der Waals surface area contributed by atoms with Crippen LogP contribution in [0.3, 0.4) is 0 Å². The van der Waals surface area contributed by atoms with Crippen LogP contribution in [0.2, 0.25) is 0 Å². The Morgan fingerprint density at radius 2 is 1.22 bits per heavy atom. The second-order valence-corrected chi connectivity index (χ2v) is 17.8. The van der Waals surface area contributed by atoms with Crippen molar-refractivity contribution in [1.29, 1.82) is 5.41 Å². The Morgan fingerprint density at radius 3 is 1.68 bits per heavy atom. The van der Waals surface area contributed by atoms with Gasteiger partial charge >= 0.3 is 17.9 Å². The molecule has 0 spiro atoms. The quantitative estimate of drug-likeness (QED) is 0.0209. The normalized spacial score (nSPS) is 13.9. The zero-order valence-corrected chi connectivity index (χ0v) is 43.0. The van der Waals surface area contributed by atoms with Crippen molar-refractivity contribution >= 4 is 57.9 Å². The molecule has 1 unspecified atom stereocenters. The number of nitrogens with one attached hydrogen (secondary N) is 2. The third-order valence-corrected chi connectivity index (χ3v) is 12.5. The van der Waals surface area contributed by atoms with Crippen LogP contribution in [0.4, 0.5) is 0 Å². The number of aromatic amines is 1. The molecule has 2 heterocycles. The first-order chi connectivity index (χ1) is 32.6. The van der Waals surface area contributed by atoms with Crippen LogP contribution in [0, 0.1) is 32.1 Å². The summed E-state index contributed by atoms with van der Waals surface area (Å²) in [5.41, 5.74) is 14.9. The fourth-order valence-corrected chi connectivity index (χ4v) is 7.95. The van der Waals surface area contributed by atoms with Crippen LogP contribution in [0.5, 0.6) is 0 Å². The third kappa shape index (κ3) is 15.4. The number of carbonyl (C=O) groups is 4. The summed E-state index contributed by atoms with van der Waals surface area (Å²) in [5, 5.41) is 6.55. The molecule has 5 aromatic rings. The van der Waals surface area contributed by atoms with Crippen molar-refractivity contribution in [1.82, 2.24) is 15.0 Å². The van der Waals surface area contributed by atoms with E-state index in [0.717, 1.165) is 82.2 Å². The summed E-state index contributed by atoms with van der Waals surface area (Å²) in [6, 6.07) is 16.1. The highest BCUT2D eigenvalue weighted by Gasteiger charge is 2.36. The van der Waals surface area contributed by atoms with E-state index in [1.54, 1.807) is 44.6 Å². The highest BCUT2D eigenvalue weighted by atomic mass is 79.9. The van der Waals surface area contributed by atoms with Gasteiger partial charge in [-0.2, -0.15) is 0 Å². The number of ether oxygens (including phenoxy) is 6. The lowest BCUT2D eigenvalue weighted by Gasteiger charge is -2.11. The van der Waals surface area contributed by atoms with Crippen molar-refractivity contribution in [2.24, 2.45) is 11.7 Å². The number of methoxy groups -OCH3 is 6. The van der Waals surface area contributed by atoms with Crippen molar-refractivity contribution in [3.8, 4) is 22.6 Å². The molecule has 18 heteroatoms. The average molecular weight is 1040 g/mol. The van der Waals surface area contributed by atoms with Gasteiger partial charge in [0, 0.05) is 55.5 Å². The van der Waals surface area contributed by atoms with Gasteiger partial charge in [0.1, 0.15) is 31.5 Å². The topological polar surface area (TPSA) is 228 Å². The number of nitrogens with zero attached hydrogens (tertiary/aromatic N) is 2. The van der Waals surface area contributed by atoms with Crippen molar-refractivity contribution < 1.29 is 52.0 Å². The largest absolute Gasteiger partial charge is 0.465 e. The summed E-state index contributed by atoms with van der Waals surface area (Å²) >= 11 is 3.45. The molecule has 3 saturated carbocycles. The number of halogens is 2. The van der Waals surface area contributed by atoms with Crippen LogP contribution in [-0.4, -0.2) is 98.6 Å². The molecule has 0 aliphatic heterocycles. The molecule has 0 amide bonds. The number of hydrogen-bond acceptors (Lipinski definition) is 14. The molecular formula is C51H63BrClN5O11. The van der Waals surface area contributed by atoms with Gasteiger partial charge in [0.25, 0.3) is 0 Å². The van der Waals surface area contributed by atoms with Crippen molar-refractivity contribution in [3.63, 3.8) is 0 Å². The maximum atomic E-state index is 12.3.